The lowest BCUT2D eigenvalue weighted by atomic mass is 9.98. The minimum Gasteiger partial charge on any atom is -0.298 e. The van der Waals surface area contributed by atoms with E-state index in [1.165, 1.54) is 12.1 Å². The first-order valence-corrected chi connectivity index (χ1v) is 5.51. The average Bonchev–Trinajstić information content (AvgIpc) is 2.32. The summed E-state index contributed by atoms with van der Waals surface area (Å²) in [6.07, 6.45) is 0.773. The van der Waals surface area contributed by atoms with E-state index < -0.39 is 5.82 Å². The van der Waals surface area contributed by atoms with Gasteiger partial charge in [-0.2, -0.15) is 0 Å². The molecule has 2 aromatic rings. The monoisotopic (exact) mass is 248 g/mol. The standard InChI is InChI=1S/C14H10ClFO/c1-9-2-4-12(11(6-9)8-17)10-3-5-13(15)14(16)7-10/h2-8H,1H3. The molecule has 0 fully saturated rings. The molecule has 2 aromatic carbocycles. The molecule has 0 amide bonds. The van der Waals surface area contributed by atoms with Crippen LogP contribution in [0, 0.1) is 12.7 Å². The van der Waals surface area contributed by atoms with Crippen LogP contribution >= 0.6 is 11.6 Å². The summed E-state index contributed by atoms with van der Waals surface area (Å²) in [5.74, 6) is -0.485. The number of aldehydes is 1. The van der Waals surface area contributed by atoms with Gasteiger partial charge in [-0.3, -0.25) is 4.79 Å². The number of hydrogen-bond donors (Lipinski definition) is 0. The Labute approximate surface area is 104 Å². The van der Waals surface area contributed by atoms with Crippen LogP contribution in [0.25, 0.3) is 11.1 Å². The Kier molecular flexibility index (Phi) is 3.25. The van der Waals surface area contributed by atoms with Gasteiger partial charge in [0.05, 0.1) is 5.02 Å². The number of carbonyl (C=O) groups excluding carboxylic acids is 1. The first-order chi connectivity index (χ1) is 8.11. The van der Waals surface area contributed by atoms with E-state index >= 15 is 0 Å². The summed E-state index contributed by atoms with van der Waals surface area (Å²) in [7, 11) is 0. The Balaban J connectivity index is 2.59. The van der Waals surface area contributed by atoms with Gasteiger partial charge in [-0.1, -0.05) is 35.4 Å². The van der Waals surface area contributed by atoms with Gasteiger partial charge in [-0.05, 0) is 36.2 Å². The van der Waals surface area contributed by atoms with Gasteiger partial charge in [0.2, 0.25) is 0 Å². The Morgan fingerprint density at radius 1 is 1.18 bits per heavy atom. The van der Waals surface area contributed by atoms with Gasteiger partial charge in [0, 0.05) is 5.56 Å². The van der Waals surface area contributed by atoms with Crippen LogP contribution in [-0.4, -0.2) is 6.29 Å². The van der Waals surface area contributed by atoms with Crippen LogP contribution in [0.2, 0.25) is 5.02 Å². The number of rotatable bonds is 2. The molecule has 0 atom stereocenters. The normalized spacial score (nSPS) is 10.3. The van der Waals surface area contributed by atoms with Crippen molar-refractivity contribution in [3.8, 4) is 11.1 Å². The maximum Gasteiger partial charge on any atom is 0.150 e. The fourth-order valence-corrected chi connectivity index (χ4v) is 1.82. The molecule has 0 aliphatic rings. The van der Waals surface area contributed by atoms with Crippen molar-refractivity contribution in [3.63, 3.8) is 0 Å². The van der Waals surface area contributed by atoms with Crippen molar-refractivity contribution in [1.82, 2.24) is 0 Å². The van der Waals surface area contributed by atoms with Gasteiger partial charge in [-0.25, -0.2) is 4.39 Å². The average molecular weight is 249 g/mol. The summed E-state index contributed by atoms with van der Waals surface area (Å²) >= 11 is 5.62. The maximum absolute atomic E-state index is 13.4. The van der Waals surface area contributed by atoms with E-state index in [1.807, 2.05) is 19.1 Å². The van der Waals surface area contributed by atoms with Crippen LogP contribution in [0.4, 0.5) is 4.39 Å². The predicted octanol–water partition coefficient (Wildman–Crippen LogP) is 4.27. The van der Waals surface area contributed by atoms with E-state index in [2.05, 4.69) is 0 Å². The first-order valence-electron chi connectivity index (χ1n) is 5.13. The molecule has 0 spiro atoms. The van der Waals surface area contributed by atoms with Gasteiger partial charge in [0.25, 0.3) is 0 Å². The molecule has 0 unspecified atom stereocenters. The second-order valence-corrected chi connectivity index (χ2v) is 4.24. The molecule has 86 valence electrons. The van der Waals surface area contributed by atoms with Crippen molar-refractivity contribution in [3.05, 3.63) is 58.4 Å². The zero-order valence-corrected chi connectivity index (χ0v) is 9.96. The smallest absolute Gasteiger partial charge is 0.150 e. The molecule has 0 bridgehead atoms. The Morgan fingerprint density at radius 3 is 2.59 bits per heavy atom. The fraction of sp³-hybridized carbons (Fsp3) is 0.0714. The van der Waals surface area contributed by atoms with Gasteiger partial charge in [0.1, 0.15) is 5.82 Å². The van der Waals surface area contributed by atoms with Crippen LogP contribution in [0.3, 0.4) is 0 Å². The van der Waals surface area contributed by atoms with E-state index in [4.69, 9.17) is 11.6 Å². The van der Waals surface area contributed by atoms with Crippen molar-refractivity contribution in [2.45, 2.75) is 6.92 Å². The SMILES string of the molecule is Cc1ccc(-c2ccc(Cl)c(F)c2)c(C=O)c1. The minimum absolute atomic E-state index is 0.0773. The molecule has 0 aliphatic carbocycles. The van der Waals surface area contributed by atoms with Crippen molar-refractivity contribution in [1.29, 1.82) is 0 Å². The number of hydrogen-bond acceptors (Lipinski definition) is 1. The van der Waals surface area contributed by atoms with Crippen molar-refractivity contribution < 1.29 is 9.18 Å². The first kappa shape index (κ1) is 11.8. The highest BCUT2D eigenvalue weighted by atomic mass is 35.5. The second kappa shape index (κ2) is 4.68. The molecular formula is C14H10ClFO. The van der Waals surface area contributed by atoms with Crippen LogP contribution < -0.4 is 0 Å². The van der Waals surface area contributed by atoms with Crippen molar-refractivity contribution in [2.75, 3.05) is 0 Å². The molecule has 0 saturated carbocycles. The van der Waals surface area contributed by atoms with Crippen molar-refractivity contribution in [2.24, 2.45) is 0 Å². The highest BCUT2D eigenvalue weighted by Gasteiger charge is 2.07. The van der Waals surface area contributed by atoms with E-state index in [9.17, 15) is 9.18 Å². The largest absolute Gasteiger partial charge is 0.298 e. The summed E-state index contributed by atoms with van der Waals surface area (Å²) in [5.41, 5.74) is 2.90. The van der Waals surface area contributed by atoms with Crippen LogP contribution in [0.1, 0.15) is 15.9 Å². The van der Waals surface area contributed by atoms with Crippen LogP contribution in [0.15, 0.2) is 36.4 Å². The molecule has 0 radical (unpaired) electrons. The summed E-state index contributed by atoms with van der Waals surface area (Å²) in [6, 6.07) is 9.98. The lowest BCUT2D eigenvalue weighted by Crippen LogP contribution is -1.90. The quantitative estimate of drug-likeness (QED) is 0.726. The summed E-state index contributed by atoms with van der Waals surface area (Å²) in [5, 5.41) is 0.0773. The lowest BCUT2D eigenvalue weighted by molar-refractivity contribution is 0.112. The molecule has 0 saturated heterocycles. The zero-order chi connectivity index (χ0) is 12.4. The van der Waals surface area contributed by atoms with Crippen molar-refractivity contribution >= 4 is 17.9 Å². The lowest BCUT2D eigenvalue weighted by Gasteiger charge is -2.07. The topological polar surface area (TPSA) is 17.1 Å². The zero-order valence-electron chi connectivity index (χ0n) is 9.21. The summed E-state index contributed by atoms with van der Waals surface area (Å²) < 4.78 is 13.4. The van der Waals surface area contributed by atoms with Gasteiger partial charge in [0.15, 0.2) is 6.29 Å². The van der Waals surface area contributed by atoms with E-state index in [0.29, 0.717) is 16.7 Å². The molecule has 3 heteroatoms. The maximum atomic E-state index is 13.4. The van der Waals surface area contributed by atoms with Gasteiger partial charge >= 0.3 is 0 Å². The summed E-state index contributed by atoms with van der Waals surface area (Å²) in [4.78, 5) is 11.0. The Hall–Kier alpha value is -1.67. The van der Waals surface area contributed by atoms with Gasteiger partial charge < -0.3 is 0 Å². The van der Waals surface area contributed by atoms with E-state index in [0.717, 1.165) is 11.8 Å². The summed E-state index contributed by atoms with van der Waals surface area (Å²) in [6.45, 7) is 1.90. The predicted molar refractivity (Wildman–Crippen MR) is 67.0 cm³/mol. The molecule has 0 aromatic heterocycles. The highest BCUT2D eigenvalue weighted by Crippen LogP contribution is 2.27. The fourth-order valence-electron chi connectivity index (χ4n) is 1.71. The molecule has 1 nitrogen and oxygen atoms in total. The molecular weight excluding hydrogens is 239 g/mol. The number of halogens is 2. The van der Waals surface area contributed by atoms with E-state index in [1.54, 1.807) is 12.1 Å². The van der Waals surface area contributed by atoms with E-state index in [-0.39, 0.29) is 5.02 Å². The Morgan fingerprint density at radius 2 is 1.94 bits per heavy atom. The second-order valence-electron chi connectivity index (χ2n) is 3.84. The molecule has 2 rings (SSSR count). The minimum atomic E-state index is -0.485. The Bertz CT molecular complexity index is 578. The third-order valence-corrected chi connectivity index (χ3v) is 2.87. The van der Waals surface area contributed by atoms with Crippen LogP contribution in [-0.2, 0) is 0 Å². The van der Waals surface area contributed by atoms with Crippen LogP contribution in [0.5, 0.6) is 0 Å². The molecule has 0 heterocycles. The number of carbonyl (C=O) groups is 1. The third kappa shape index (κ3) is 2.37. The number of benzene rings is 2. The molecule has 17 heavy (non-hydrogen) atoms. The van der Waals surface area contributed by atoms with Gasteiger partial charge in [-0.15, -0.1) is 0 Å². The number of aryl methyl sites for hydroxylation is 1. The molecule has 0 aliphatic heterocycles. The third-order valence-electron chi connectivity index (χ3n) is 2.56. The highest BCUT2D eigenvalue weighted by molar-refractivity contribution is 6.30. The molecule has 0 N–H and O–H groups in total.